The molecule has 2 unspecified atom stereocenters. The summed E-state index contributed by atoms with van der Waals surface area (Å²) in [7, 11) is 0. The highest BCUT2D eigenvalue weighted by atomic mass is 35.5. The Morgan fingerprint density at radius 2 is 1.67 bits per heavy atom. The predicted octanol–water partition coefficient (Wildman–Crippen LogP) is 4.24. The highest BCUT2D eigenvalue weighted by Gasteiger charge is 2.42. The summed E-state index contributed by atoms with van der Waals surface area (Å²) < 4.78 is 10.0. The lowest BCUT2D eigenvalue weighted by atomic mass is 9.77. The van der Waals surface area contributed by atoms with Gasteiger partial charge < -0.3 is 14.6 Å². The van der Waals surface area contributed by atoms with E-state index in [1.165, 1.54) is 32.0 Å². The van der Waals surface area contributed by atoms with Gasteiger partial charge in [-0.1, -0.05) is 29.3 Å². The average Bonchev–Trinajstić information content (AvgIpc) is 2.54. The first-order valence-electron chi connectivity index (χ1n) is 8.34. The van der Waals surface area contributed by atoms with Crippen LogP contribution in [0, 0.1) is 5.92 Å². The van der Waals surface area contributed by atoms with Gasteiger partial charge in [0.1, 0.15) is 17.5 Å². The summed E-state index contributed by atoms with van der Waals surface area (Å²) in [6.45, 7) is 5.75. The lowest BCUT2D eigenvalue weighted by molar-refractivity contribution is -0.151. The quantitative estimate of drug-likeness (QED) is 0.295. The molecule has 0 saturated heterocycles. The van der Waals surface area contributed by atoms with Crippen LogP contribution in [-0.2, 0) is 23.9 Å². The number of ether oxygens (including phenoxy) is 2. The number of aliphatic hydroxyl groups is 1. The van der Waals surface area contributed by atoms with Crippen molar-refractivity contribution in [3.8, 4) is 0 Å². The number of carbonyl (C=O) groups excluding carboxylic acids is 3. The van der Waals surface area contributed by atoms with Crippen LogP contribution in [0.1, 0.15) is 39.2 Å². The molecule has 0 fully saturated rings. The van der Waals surface area contributed by atoms with Crippen molar-refractivity contribution in [2.45, 2.75) is 33.6 Å². The Kier molecular flexibility index (Phi) is 8.79. The Hall–Kier alpha value is -2.05. The van der Waals surface area contributed by atoms with Crippen LogP contribution in [0.3, 0.4) is 0 Å². The molecule has 0 radical (unpaired) electrons. The van der Waals surface area contributed by atoms with Gasteiger partial charge in [0.25, 0.3) is 0 Å². The second-order valence-electron chi connectivity index (χ2n) is 5.70. The normalized spacial score (nSPS) is 14.0. The van der Waals surface area contributed by atoms with Crippen molar-refractivity contribution in [3.63, 3.8) is 0 Å². The van der Waals surface area contributed by atoms with E-state index < -0.39 is 29.6 Å². The van der Waals surface area contributed by atoms with Crippen molar-refractivity contribution in [1.82, 2.24) is 0 Å². The van der Waals surface area contributed by atoms with Gasteiger partial charge in [-0.3, -0.25) is 9.59 Å². The van der Waals surface area contributed by atoms with Gasteiger partial charge in [0.2, 0.25) is 0 Å². The van der Waals surface area contributed by atoms with Crippen LogP contribution in [0.2, 0.25) is 10.0 Å². The number of hydrogen-bond donors (Lipinski definition) is 1. The first-order chi connectivity index (χ1) is 12.6. The molecule has 1 aromatic rings. The molecule has 1 aromatic carbocycles. The van der Waals surface area contributed by atoms with E-state index in [0.29, 0.717) is 5.02 Å². The molecule has 1 N–H and O–H groups in total. The van der Waals surface area contributed by atoms with Crippen LogP contribution in [0.5, 0.6) is 0 Å². The first kappa shape index (κ1) is 23.0. The summed E-state index contributed by atoms with van der Waals surface area (Å²) in [5, 5.41) is 10.6. The Bertz CT molecular complexity index is 753. The van der Waals surface area contributed by atoms with E-state index in [1.54, 1.807) is 13.8 Å². The molecule has 0 aliphatic heterocycles. The van der Waals surface area contributed by atoms with Crippen molar-refractivity contribution >= 4 is 40.9 Å². The number of benzene rings is 1. The molecule has 2 atom stereocenters. The number of allylic oxidation sites excluding steroid dienone is 1. The van der Waals surface area contributed by atoms with Gasteiger partial charge in [-0.25, -0.2) is 4.79 Å². The fourth-order valence-electron chi connectivity index (χ4n) is 2.73. The van der Waals surface area contributed by atoms with E-state index in [0.717, 1.165) is 0 Å². The Balaban J connectivity index is 3.74. The Morgan fingerprint density at radius 3 is 2.11 bits per heavy atom. The molecule has 0 saturated carbocycles. The van der Waals surface area contributed by atoms with Crippen LogP contribution >= 0.6 is 23.2 Å². The standard InChI is InChI=1S/C19H22Cl2O6/c1-5-26-18(24)15(10(3)22)17(13-8-7-12(20)9-14(13)21)16(11(4)23)19(25)27-6-2/h7-9,15,17,23H,5-6H2,1-4H3/b16-11+. The van der Waals surface area contributed by atoms with Crippen LogP contribution in [0.25, 0.3) is 0 Å². The molecule has 148 valence electrons. The van der Waals surface area contributed by atoms with Gasteiger partial charge in [0.05, 0.1) is 18.8 Å². The largest absolute Gasteiger partial charge is 0.512 e. The zero-order valence-electron chi connectivity index (χ0n) is 15.5. The third-order valence-corrected chi connectivity index (χ3v) is 4.37. The van der Waals surface area contributed by atoms with Gasteiger partial charge in [0, 0.05) is 16.0 Å². The number of ketones is 1. The minimum Gasteiger partial charge on any atom is -0.512 e. The summed E-state index contributed by atoms with van der Waals surface area (Å²) in [5.41, 5.74) is 0.0279. The SMILES string of the molecule is CCOC(=O)/C(=C(\C)O)C(c1ccc(Cl)cc1Cl)C(C(C)=O)C(=O)OCC. The van der Waals surface area contributed by atoms with Crippen molar-refractivity contribution in [1.29, 1.82) is 0 Å². The maximum Gasteiger partial charge on any atom is 0.338 e. The zero-order valence-corrected chi connectivity index (χ0v) is 17.1. The Labute approximate surface area is 168 Å². The fourth-order valence-corrected chi connectivity index (χ4v) is 3.26. The maximum absolute atomic E-state index is 12.5. The molecule has 0 aliphatic rings. The highest BCUT2D eigenvalue weighted by molar-refractivity contribution is 6.35. The summed E-state index contributed by atoms with van der Waals surface area (Å²) in [4.78, 5) is 37.4. The zero-order chi connectivity index (χ0) is 20.7. The van der Waals surface area contributed by atoms with E-state index in [1.807, 2.05) is 0 Å². The first-order valence-corrected chi connectivity index (χ1v) is 9.10. The second kappa shape index (κ2) is 10.3. The summed E-state index contributed by atoms with van der Waals surface area (Å²) in [6.07, 6.45) is 0. The van der Waals surface area contributed by atoms with Crippen molar-refractivity contribution < 1.29 is 29.0 Å². The fraction of sp³-hybridized carbons (Fsp3) is 0.421. The van der Waals surface area contributed by atoms with E-state index >= 15 is 0 Å². The van der Waals surface area contributed by atoms with E-state index in [2.05, 4.69) is 0 Å². The molecular weight excluding hydrogens is 395 g/mol. The molecule has 0 spiro atoms. The predicted molar refractivity (Wildman–Crippen MR) is 102 cm³/mol. The summed E-state index contributed by atoms with van der Waals surface area (Å²) in [6, 6.07) is 4.42. The highest BCUT2D eigenvalue weighted by Crippen LogP contribution is 2.40. The van der Waals surface area contributed by atoms with Gasteiger partial charge in [-0.15, -0.1) is 0 Å². The van der Waals surface area contributed by atoms with Gasteiger partial charge in [-0.2, -0.15) is 0 Å². The van der Waals surface area contributed by atoms with E-state index in [-0.39, 0.29) is 35.1 Å². The maximum atomic E-state index is 12.5. The smallest absolute Gasteiger partial charge is 0.338 e. The molecule has 1 rings (SSSR count). The van der Waals surface area contributed by atoms with E-state index in [4.69, 9.17) is 32.7 Å². The number of carbonyl (C=O) groups is 3. The summed E-state index contributed by atoms with van der Waals surface area (Å²) >= 11 is 12.2. The summed E-state index contributed by atoms with van der Waals surface area (Å²) in [5.74, 6) is -5.22. The monoisotopic (exact) mass is 416 g/mol. The molecule has 0 aliphatic carbocycles. The minimum absolute atomic E-state index is 0.0419. The van der Waals surface area contributed by atoms with Crippen molar-refractivity contribution in [2.24, 2.45) is 5.92 Å². The molecule has 27 heavy (non-hydrogen) atoms. The molecule has 0 heterocycles. The van der Waals surface area contributed by atoms with Crippen LogP contribution < -0.4 is 0 Å². The average molecular weight is 417 g/mol. The number of Topliss-reactive ketones (excluding diaryl/α,β-unsaturated/α-hetero) is 1. The third-order valence-electron chi connectivity index (χ3n) is 3.81. The second-order valence-corrected chi connectivity index (χ2v) is 6.55. The molecule has 0 amide bonds. The van der Waals surface area contributed by atoms with E-state index in [9.17, 15) is 19.5 Å². The van der Waals surface area contributed by atoms with Gasteiger partial charge >= 0.3 is 11.9 Å². The number of hydrogen-bond acceptors (Lipinski definition) is 6. The topological polar surface area (TPSA) is 89.9 Å². The van der Waals surface area contributed by atoms with Crippen LogP contribution in [-0.4, -0.2) is 36.0 Å². The number of halogens is 2. The molecule has 0 bridgehead atoms. The lowest BCUT2D eigenvalue weighted by Crippen LogP contribution is -2.34. The molecule has 6 nitrogen and oxygen atoms in total. The lowest BCUT2D eigenvalue weighted by Gasteiger charge is -2.27. The van der Waals surface area contributed by atoms with Crippen molar-refractivity contribution in [2.75, 3.05) is 13.2 Å². The van der Waals surface area contributed by atoms with Gasteiger partial charge in [-0.05, 0) is 45.4 Å². The molecule has 0 aromatic heterocycles. The number of rotatable bonds is 8. The Morgan fingerprint density at radius 1 is 1.07 bits per heavy atom. The van der Waals surface area contributed by atoms with Crippen molar-refractivity contribution in [3.05, 3.63) is 45.1 Å². The molecular formula is C19H22Cl2O6. The number of aliphatic hydroxyl groups excluding tert-OH is 1. The minimum atomic E-state index is -1.40. The van der Waals surface area contributed by atoms with Gasteiger partial charge in [0.15, 0.2) is 0 Å². The van der Waals surface area contributed by atoms with Crippen LogP contribution in [0.15, 0.2) is 29.5 Å². The number of esters is 2. The van der Waals surface area contributed by atoms with Crippen LogP contribution in [0.4, 0.5) is 0 Å². The third kappa shape index (κ3) is 5.71. The molecule has 8 heteroatoms.